The zero-order valence-corrected chi connectivity index (χ0v) is 17.7. The molecule has 0 saturated carbocycles. The zero-order valence-electron chi connectivity index (χ0n) is 17.7. The molecular formula is C26H26N2O3. The highest BCUT2D eigenvalue weighted by Gasteiger charge is 2.43. The number of aryl methyl sites for hydroxylation is 1. The number of ether oxygens (including phenoxy) is 1. The third-order valence-corrected chi connectivity index (χ3v) is 5.72. The molecule has 3 aromatic carbocycles. The highest BCUT2D eigenvalue weighted by atomic mass is 16.5. The lowest BCUT2D eigenvalue weighted by atomic mass is 9.79. The van der Waals surface area contributed by atoms with Gasteiger partial charge in [0.15, 0.2) is 0 Å². The van der Waals surface area contributed by atoms with E-state index in [-0.39, 0.29) is 11.8 Å². The minimum Gasteiger partial charge on any atom is -0.383 e. The van der Waals surface area contributed by atoms with Crippen molar-refractivity contribution in [3.05, 3.63) is 101 Å². The number of nitrogens with one attached hydrogen (secondary N) is 1. The zero-order chi connectivity index (χ0) is 21.8. The lowest BCUT2D eigenvalue weighted by Gasteiger charge is -2.41. The minimum absolute atomic E-state index is 0.0825. The van der Waals surface area contributed by atoms with Gasteiger partial charge in [-0.3, -0.25) is 9.59 Å². The van der Waals surface area contributed by atoms with Gasteiger partial charge >= 0.3 is 0 Å². The molecule has 0 radical (unpaired) electrons. The summed E-state index contributed by atoms with van der Waals surface area (Å²) < 4.78 is 5.27. The van der Waals surface area contributed by atoms with Gasteiger partial charge in [0, 0.05) is 24.9 Å². The van der Waals surface area contributed by atoms with E-state index in [0.29, 0.717) is 18.7 Å². The van der Waals surface area contributed by atoms with Crippen molar-refractivity contribution in [1.82, 2.24) is 4.90 Å². The van der Waals surface area contributed by atoms with Crippen molar-refractivity contribution < 1.29 is 14.3 Å². The van der Waals surface area contributed by atoms with Crippen LogP contribution in [0.3, 0.4) is 0 Å². The molecule has 0 aliphatic carbocycles. The summed E-state index contributed by atoms with van der Waals surface area (Å²) in [5, 5.41) is 3.06. The number of hydrogen-bond donors (Lipinski definition) is 1. The van der Waals surface area contributed by atoms with Crippen LogP contribution < -0.4 is 5.32 Å². The fourth-order valence-corrected chi connectivity index (χ4v) is 4.19. The average molecular weight is 415 g/mol. The first kappa shape index (κ1) is 20.8. The Bertz CT molecular complexity index is 1060. The highest BCUT2D eigenvalue weighted by Crippen LogP contribution is 2.43. The molecule has 0 fully saturated rings. The first-order valence-electron chi connectivity index (χ1n) is 10.4. The number of anilines is 1. The summed E-state index contributed by atoms with van der Waals surface area (Å²) in [5.41, 5.74) is 4.10. The summed E-state index contributed by atoms with van der Waals surface area (Å²) in [7, 11) is 1.61. The summed E-state index contributed by atoms with van der Waals surface area (Å²) in [6.45, 7) is 2.80. The molecule has 1 N–H and O–H groups in total. The van der Waals surface area contributed by atoms with Gasteiger partial charge in [-0.05, 0) is 36.2 Å². The van der Waals surface area contributed by atoms with Crippen molar-refractivity contribution in [3.63, 3.8) is 0 Å². The van der Waals surface area contributed by atoms with Gasteiger partial charge in [0.1, 0.15) is 0 Å². The van der Waals surface area contributed by atoms with Gasteiger partial charge in [0.25, 0.3) is 5.91 Å². The summed E-state index contributed by atoms with van der Waals surface area (Å²) >= 11 is 0. The quantitative estimate of drug-likeness (QED) is 0.643. The Balaban J connectivity index is 1.80. The molecule has 1 aliphatic rings. The maximum atomic E-state index is 13.6. The van der Waals surface area contributed by atoms with Gasteiger partial charge in [-0.25, -0.2) is 0 Å². The van der Waals surface area contributed by atoms with Crippen LogP contribution in [0.15, 0.2) is 78.9 Å². The Morgan fingerprint density at radius 1 is 0.968 bits per heavy atom. The SMILES string of the molecule is COCCN1C(=O)c2ccccc2[C@H](C(=O)Nc2ccc(C)cc2)[C@H]1c1ccccc1. The summed E-state index contributed by atoms with van der Waals surface area (Å²) in [6, 6.07) is 24.4. The van der Waals surface area contributed by atoms with Gasteiger partial charge in [-0.2, -0.15) is 0 Å². The second-order valence-corrected chi connectivity index (χ2v) is 7.77. The standard InChI is InChI=1S/C26H26N2O3/c1-18-12-14-20(15-13-18)27-25(29)23-21-10-6-7-11-22(21)26(30)28(16-17-31-2)24(23)19-8-4-3-5-9-19/h3-15,23-24H,16-17H2,1-2H3,(H,27,29)/t23-,24+/m0/s1. The first-order chi connectivity index (χ1) is 15.1. The third-order valence-electron chi connectivity index (χ3n) is 5.72. The van der Waals surface area contributed by atoms with Gasteiger partial charge in [-0.1, -0.05) is 66.2 Å². The molecule has 4 rings (SSSR count). The molecule has 0 saturated heterocycles. The van der Waals surface area contributed by atoms with Crippen LogP contribution in [0.5, 0.6) is 0 Å². The molecule has 0 aromatic heterocycles. The van der Waals surface area contributed by atoms with Gasteiger partial charge in [0.2, 0.25) is 5.91 Å². The fraction of sp³-hybridized carbons (Fsp3) is 0.231. The minimum atomic E-state index is -0.547. The average Bonchev–Trinajstić information content (AvgIpc) is 2.80. The van der Waals surface area contributed by atoms with Gasteiger partial charge in [0.05, 0.1) is 18.6 Å². The molecule has 3 aromatic rings. The maximum absolute atomic E-state index is 13.6. The normalized spacial score (nSPS) is 17.9. The van der Waals surface area contributed by atoms with Crippen molar-refractivity contribution in [1.29, 1.82) is 0 Å². The molecular weight excluding hydrogens is 388 g/mol. The van der Waals surface area contributed by atoms with Crippen LogP contribution in [0, 0.1) is 6.92 Å². The van der Waals surface area contributed by atoms with Crippen LogP contribution in [-0.4, -0.2) is 37.0 Å². The molecule has 31 heavy (non-hydrogen) atoms. The van der Waals surface area contributed by atoms with E-state index in [2.05, 4.69) is 5.32 Å². The van der Waals surface area contributed by atoms with Crippen LogP contribution in [-0.2, 0) is 9.53 Å². The van der Waals surface area contributed by atoms with Gasteiger partial charge in [-0.15, -0.1) is 0 Å². The molecule has 5 heteroatoms. The van der Waals surface area contributed by atoms with Crippen molar-refractivity contribution in [2.45, 2.75) is 18.9 Å². The molecule has 0 unspecified atom stereocenters. The van der Waals surface area contributed by atoms with E-state index in [9.17, 15) is 9.59 Å². The van der Waals surface area contributed by atoms with E-state index >= 15 is 0 Å². The Hall–Kier alpha value is -3.44. The number of amides is 2. The van der Waals surface area contributed by atoms with Gasteiger partial charge < -0.3 is 15.0 Å². The maximum Gasteiger partial charge on any atom is 0.254 e. The second-order valence-electron chi connectivity index (χ2n) is 7.77. The van der Waals surface area contributed by atoms with Crippen LogP contribution in [0.1, 0.15) is 39.0 Å². The number of carbonyl (C=O) groups excluding carboxylic acids is 2. The third kappa shape index (κ3) is 4.23. The lowest BCUT2D eigenvalue weighted by molar-refractivity contribution is -0.119. The smallest absolute Gasteiger partial charge is 0.254 e. The summed E-state index contributed by atoms with van der Waals surface area (Å²) in [5.74, 6) is -0.768. The van der Waals surface area contributed by atoms with Crippen molar-refractivity contribution in [2.24, 2.45) is 0 Å². The van der Waals surface area contributed by atoms with E-state index in [4.69, 9.17) is 4.74 Å². The van der Waals surface area contributed by atoms with E-state index in [1.54, 1.807) is 18.1 Å². The van der Waals surface area contributed by atoms with Crippen LogP contribution in [0.4, 0.5) is 5.69 Å². The monoisotopic (exact) mass is 414 g/mol. The first-order valence-corrected chi connectivity index (χ1v) is 10.4. The van der Waals surface area contributed by atoms with E-state index < -0.39 is 12.0 Å². The second kappa shape index (κ2) is 9.14. The fourth-order valence-electron chi connectivity index (χ4n) is 4.19. The van der Waals surface area contributed by atoms with E-state index in [0.717, 1.165) is 22.4 Å². The van der Waals surface area contributed by atoms with Crippen molar-refractivity contribution in [2.75, 3.05) is 25.6 Å². The highest BCUT2D eigenvalue weighted by molar-refractivity contribution is 6.04. The number of fused-ring (bicyclic) bond motifs is 1. The summed E-state index contributed by atoms with van der Waals surface area (Å²) in [4.78, 5) is 28.8. The summed E-state index contributed by atoms with van der Waals surface area (Å²) in [6.07, 6.45) is 0. The van der Waals surface area contributed by atoms with Crippen LogP contribution in [0.2, 0.25) is 0 Å². The van der Waals surface area contributed by atoms with Crippen molar-refractivity contribution >= 4 is 17.5 Å². The molecule has 2 atom stereocenters. The molecule has 1 heterocycles. The molecule has 1 aliphatic heterocycles. The predicted octanol–water partition coefficient (Wildman–Crippen LogP) is 4.56. The Labute approximate surface area is 182 Å². The largest absolute Gasteiger partial charge is 0.383 e. The topological polar surface area (TPSA) is 58.6 Å². The Kier molecular flexibility index (Phi) is 6.14. The Morgan fingerprint density at radius 2 is 1.65 bits per heavy atom. The Morgan fingerprint density at radius 3 is 2.35 bits per heavy atom. The number of nitrogens with zero attached hydrogens (tertiary/aromatic N) is 1. The molecule has 5 nitrogen and oxygen atoms in total. The number of methoxy groups -OCH3 is 1. The molecule has 0 bridgehead atoms. The number of hydrogen-bond acceptors (Lipinski definition) is 3. The number of carbonyl (C=O) groups is 2. The van der Waals surface area contributed by atoms with E-state index in [1.165, 1.54) is 0 Å². The van der Waals surface area contributed by atoms with Crippen LogP contribution >= 0.6 is 0 Å². The number of rotatable bonds is 6. The molecule has 0 spiro atoms. The molecule has 2 amide bonds. The predicted molar refractivity (Wildman–Crippen MR) is 121 cm³/mol. The van der Waals surface area contributed by atoms with Crippen molar-refractivity contribution in [3.8, 4) is 0 Å². The lowest BCUT2D eigenvalue weighted by Crippen LogP contribution is -2.47. The van der Waals surface area contributed by atoms with E-state index in [1.807, 2.05) is 79.7 Å². The number of benzene rings is 3. The molecule has 158 valence electrons. The van der Waals surface area contributed by atoms with Crippen LogP contribution in [0.25, 0.3) is 0 Å².